The Kier molecular flexibility index (Phi) is 4.35. The molecule has 0 radical (unpaired) electrons. The van der Waals surface area contributed by atoms with Crippen LogP contribution in [-0.4, -0.2) is 41.5 Å². The summed E-state index contributed by atoms with van der Waals surface area (Å²) in [6.45, 7) is 1.98. The molecule has 5 nitrogen and oxygen atoms in total. The van der Waals surface area contributed by atoms with Gasteiger partial charge in [0.2, 0.25) is 10.0 Å². The van der Waals surface area contributed by atoms with Crippen LogP contribution in [0.2, 0.25) is 0 Å². The molecular formula is C16H19FN2O3S. The van der Waals surface area contributed by atoms with E-state index in [2.05, 4.69) is 4.98 Å². The fourth-order valence-electron chi connectivity index (χ4n) is 3.07. The lowest BCUT2D eigenvalue weighted by molar-refractivity contribution is 0.0831. The zero-order valence-corrected chi connectivity index (χ0v) is 13.6. The Bertz CT molecular complexity index is 823. The zero-order valence-electron chi connectivity index (χ0n) is 12.8. The molecule has 2 atom stereocenters. The molecule has 2 aromatic rings. The molecule has 1 aliphatic rings. The maximum atomic E-state index is 13.4. The van der Waals surface area contributed by atoms with Crippen molar-refractivity contribution in [1.82, 2.24) is 9.29 Å². The Hall–Kier alpha value is -1.57. The van der Waals surface area contributed by atoms with Crippen molar-refractivity contribution in [3.05, 3.63) is 36.3 Å². The third-order valence-corrected chi connectivity index (χ3v) is 6.17. The fourth-order valence-corrected chi connectivity index (χ4v) is 4.81. The number of hydrogen-bond acceptors (Lipinski definition) is 4. The van der Waals surface area contributed by atoms with Gasteiger partial charge in [0, 0.05) is 18.1 Å². The van der Waals surface area contributed by atoms with E-state index >= 15 is 0 Å². The molecular weight excluding hydrogens is 319 g/mol. The first kappa shape index (κ1) is 16.3. The summed E-state index contributed by atoms with van der Waals surface area (Å²) in [4.78, 5) is 4.15. The Morgan fingerprint density at radius 2 is 2.13 bits per heavy atom. The molecule has 2 heterocycles. The lowest BCUT2D eigenvalue weighted by atomic mass is 10.0. The third kappa shape index (κ3) is 3.08. The van der Waals surface area contributed by atoms with E-state index in [-0.39, 0.29) is 4.90 Å². The van der Waals surface area contributed by atoms with Crippen LogP contribution in [-0.2, 0) is 10.0 Å². The Morgan fingerprint density at radius 1 is 1.35 bits per heavy atom. The number of piperidine rings is 1. The first-order chi connectivity index (χ1) is 10.9. The topological polar surface area (TPSA) is 70.5 Å². The van der Waals surface area contributed by atoms with E-state index in [1.165, 1.54) is 34.8 Å². The van der Waals surface area contributed by atoms with Crippen LogP contribution >= 0.6 is 0 Å². The van der Waals surface area contributed by atoms with Crippen molar-refractivity contribution in [2.75, 3.05) is 6.54 Å². The number of sulfonamides is 1. The monoisotopic (exact) mass is 338 g/mol. The summed E-state index contributed by atoms with van der Waals surface area (Å²) in [5.74, 6) is -0.436. The van der Waals surface area contributed by atoms with Gasteiger partial charge in [0.15, 0.2) is 0 Å². The van der Waals surface area contributed by atoms with E-state index in [4.69, 9.17) is 0 Å². The molecule has 0 bridgehead atoms. The highest BCUT2D eigenvalue weighted by molar-refractivity contribution is 7.89. The molecule has 124 valence electrons. The lowest BCUT2D eigenvalue weighted by Crippen LogP contribution is -2.48. The van der Waals surface area contributed by atoms with Crippen LogP contribution < -0.4 is 0 Å². The van der Waals surface area contributed by atoms with Gasteiger partial charge in [-0.2, -0.15) is 4.31 Å². The molecule has 1 aromatic carbocycles. The average Bonchev–Trinajstić information content (AvgIpc) is 2.54. The smallest absolute Gasteiger partial charge is 0.244 e. The van der Waals surface area contributed by atoms with Crippen LogP contribution in [0.1, 0.15) is 26.2 Å². The Labute approximate surface area is 134 Å². The summed E-state index contributed by atoms with van der Waals surface area (Å²) in [5, 5.41) is 10.3. The maximum Gasteiger partial charge on any atom is 0.244 e. The summed E-state index contributed by atoms with van der Waals surface area (Å²) in [6, 6.07) is 5.08. The van der Waals surface area contributed by atoms with Crippen molar-refractivity contribution in [2.24, 2.45) is 0 Å². The van der Waals surface area contributed by atoms with E-state index in [1.807, 2.05) is 0 Å². The van der Waals surface area contributed by atoms with Gasteiger partial charge in [-0.15, -0.1) is 0 Å². The number of aromatic nitrogens is 1. The molecule has 0 aliphatic carbocycles. The fraction of sp³-hybridized carbons (Fsp3) is 0.438. The van der Waals surface area contributed by atoms with Crippen molar-refractivity contribution in [2.45, 2.75) is 43.2 Å². The van der Waals surface area contributed by atoms with Gasteiger partial charge in [0.05, 0.1) is 17.7 Å². The molecule has 0 unspecified atom stereocenters. The molecule has 1 aliphatic heterocycles. The second-order valence-electron chi connectivity index (χ2n) is 5.93. The van der Waals surface area contributed by atoms with Crippen LogP contribution in [0.3, 0.4) is 0 Å². The van der Waals surface area contributed by atoms with Crippen LogP contribution in [0.4, 0.5) is 4.39 Å². The van der Waals surface area contributed by atoms with Crippen molar-refractivity contribution < 1.29 is 17.9 Å². The van der Waals surface area contributed by atoms with Crippen LogP contribution in [0.5, 0.6) is 0 Å². The maximum absolute atomic E-state index is 13.4. The molecule has 1 aromatic heterocycles. The van der Waals surface area contributed by atoms with Gasteiger partial charge < -0.3 is 5.11 Å². The third-order valence-electron chi connectivity index (χ3n) is 4.28. The summed E-state index contributed by atoms with van der Waals surface area (Å²) < 4.78 is 40.5. The van der Waals surface area contributed by atoms with Crippen molar-refractivity contribution in [1.29, 1.82) is 0 Å². The number of aliphatic hydroxyl groups excluding tert-OH is 1. The Balaban J connectivity index is 2.04. The highest BCUT2D eigenvalue weighted by atomic mass is 32.2. The van der Waals surface area contributed by atoms with E-state index in [0.29, 0.717) is 23.9 Å². The van der Waals surface area contributed by atoms with Crippen molar-refractivity contribution in [3.63, 3.8) is 0 Å². The Morgan fingerprint density at radius 3 is 2.87 bits per heavy atom. The second kappa shape index (κ2) is 6.14. The molecule has 1 fully saturated rings. The van der Waals surface area contributed by atoms with Gasteiger partial charge in [-0.1, -0.05) is 6.42 Å². The minimum absolute atomic E-state index is 0.0307. The average molecular weight is 338 g/mol. The number of fused-ring (bicyclic) bond motifs is 1. The predicted molar refractivity (Wildman–Crippen MR) is 84.9 cm³/mol. The lowest BCUT2D eigenvalue weighted by Gasteiger charge is -2.36. The normalized spacial score (nSPS) is 21.4. The minimum atomic E-state index is -3.77. The number of halogens is 1. The molecule has 0 spiro atoms. The van der Waals surface area contributed by atoms with Gasteiger partial charge in [0.25, 0.3) is 0 Å². The number of nitrogens with zero attached hydrogens (tertiary/aromatic N) is 2. The molecule has 0 amide bonds. The molecule has 0 saturated carbocycles. The molecule has 1 N–H and O–H groups in total. The highest BCUT2D eigenvalue weighted by Gasteiger charge is 2.36. The summed E-state index contributed by atoms with van der Waals surface area (Å²) >= 11 is 0. The highest BCUT2D eigenvalue weighted by Crippen LogP contribution is 2.28. The predicted octanol–water partition coefficient (Wildman–Crippen LogP) is 2.30. The van der Waals surface area contributed by atoms with Gasteiger partial charge >= 0.3 is 0 Å². The van der Waals surface area contributed by atoms with Crippen molar-refractivity contribution >= 4 is 20.9 Å². The summed E-state index contributed by atoms with van der Waals surface area (Å²) in [6.07, 6.45) is 2.84. The summed E-state index contributed by atoms with van der Waals surface area (Å²) in [5.41, 5.74) is 0.538. The number of hydrogen-bond donors (Lipinski definition) is 1. The van der Waals surface area contributed by atoms with Gasteiger partial charge in [-0.3, -0.25) is 4.98 Å². The largest absolute Gasteiger partial charge is 0.392 e. The quantitative estimate of drug-likeness (QED) is 0.932. The second-order valence-corrected chi connectivity index (χ2v) is 7.82. The van der Waals surface area contributed by atoms with Gasteiger partial charge in [-0.25, -0.2) is 12.8 Å². The zero-order chi connectivity index (χ0) is 16.6. The van der Waals surface area contributed by atoms with Gasteiger partial charge in [0.1, 0.15) is 10.7 Å². The minimum Gasteiger partial charge on any atom is -0.392 e. The van der Waals surface area contributed by atoms with Crippen molar-refractivity contribution in [3.8, 4) is 0 Å². The number of aliphatic hydroxyl groups is 1. The molecule has 23 heavy (non-hydrogen) atoms. The number of benzene rings is 1. The van der Waals surface area contributed by atoms with Gasteiger partial charge in [-0.05, 0) is 44.0 Å². The first-order valence-corrected chi connectivity index (χ1v) is 9.09. The molecule has 7 heteroatoms. The molecule has 1 saturated heterocycles. The molecule has 3 rings (SSSR count). The van der Waals surface area contributed by atoms with E-state index in [1.54, 1.807) is 6.92 Å². The van der Waals surface area contributed by atoms with Crippen LogP contribution in [0.15, 0.2) is 35.4 Å². The number of rotatable bonds is 3. The summed E-state index contributed by atoms with van der Waals surface area (Å²) in [7, 11) is -3.77. The SMILES string of the molecule is C[C@H](O)[C@@H]1CCCCN1S(=O)(=O)c1cnc2ccc(F)cc2c1. The van der Waals surface area contributed by atoms with Crippen LogP contribution in [0, 0.1) is 5.82 Å². The standard InChI is InChI=1S/C16H19FN2O3S/c1-11(20)16-4-2-3-7-19(16)23(21,22)14-9-12-8-13(17)5-6-15(12)18-10-14/h5-6,8-11,16,20H,2-4,7H2,1H3/t11-,16-/m0/s1. The first-order valence-electron chi connectivity index (χ1n) is 7.65. The van der Waals surface area contributed by atoms with Crippen LogP contribution in [0.25, 0.3) is 10.9 Å². The van der Waals surface area contributed by atoms with E-state index < -0.39 is 28.0 Å². The van der Waals surface area contributed by atoms with E-state index in [0.717, 1.165) is 12.8 Å². The van der Waals surface area contributed by atoms with E-state index in [9.17, 15) is 17.9 Å². The number of pyridine rings is 1.